The maximum Gasteiger partial charge on any atom is 0.147 e. The summed E-state index contributed by atoms with van der Waals surface area (Å²) in [5, 5.41) is 0.464. The van der Waals surface area contributed by atoms with Crippen LogP contribution < -0.4 is 0 Å². The first kappa shape index (κ1) is 7.48. The van der Waals surface area contributed by atoms with Crippen LogP contribution in [0.3, 0.4) is 0 Å². The molecule has 0 aliphatic rings. The first-order valence-electron chi connectivity index (χ1n) is 3.17. The van der Waals surface area contributed by atoms with E-state index in [0.29, 0.717) is 11.1 Å². The molecule has 0 atom stereocenters. The molecule has 0 spiro atoms. The molecule has 2 nitrogen and oxygen atoms in total. The number of aromatic nitrogens is 2. The highest BCUT2D eigenvalue weighted by atomic mass is 35.5. The van der Waals surface area contributed by atoms with Gasteiger partial charge in [-0.25, -0.2) is 4.98 Å². The van der Waals surface area contributed by atoms with Crippen molar-refractivity contribution in [1.29, 1.82) is 0 Å². The summed E-state index contributed by atoms with van der Waals surface area (Å²) >= 11 is 5.62. The summed E-state index contributed by atoms with van der Waals surface area (Å²) in [6, 6.07) is 0. The molecule has 1 aromatic heterocycles. The maximum atomic E-state index is 5.62. The van der Waals surface area contributed by atoms with Gasteiger partial charge in [0.15, 0.2) is 0 Å². The lowest BCUT2D eigenvalue weighted by atomic mass is 10.1. The van der Waals surface area contributed by atoms with Crippen molar-refractivity contribution in [3.05, 3.63) is 23.2 Å². The fourth-order valence-electron chi connectivity index (χ4n) is 0.634. The van der Waals surface area contributed by atoms with Gasteiger partial charge < -0.3 is 0 Å². The van der Waals surface area contributed by atoms with Crippen molar-refractivity contribution in [2.75, 3.05) is 0 Å². The molecule has 0 bridgehead atoms. The maximum absolute atomic E-state index is 5.62. The number of hydrogen-bond donors (Lipinski definition) is 0. The van der Waals surface area contributed by atoms with Crippen LogP contribution in [0.5, 0.6) is 0 Å². The molecule has 0 unspecified atom stereocenters. The van der Waals surface area contributed by atoms with Gasteiger partial charge in [-0.05, 0) is 5.92 Å². The van der Waals surface area contributed by atoms with Crippen LogP contribution in [0.4, 0.5) is 0 Å². The molecule has 0 N–H and O–H groups in total. The minimum Gasteiger partial charge on any atom is -0.260 e. The fraction of sp³-hybridized carbons (Fsp3) is 0.429. The lowest BCUT2D eigenvalue weighted by Crippen LogP contribution is -1.92. The highest BCUT2D eigenvalue weighted by molar-refractivity contribution is 6.29. The van der Waals surface area contributed by atoms with Crippen molar-refractivity contribution in [3.63, 3.8) is 0 Å². The second-order valence-corrected chi connectivity index (χ2v) is 2.81. The largest absolute Gasteiger partial charge is 0.260 e. The minimum absolute atomic E-state index is 0.395. The van der Waals surface area contributed by atoms with Crippen LogP contribution in [-0.4, -0.2) is 9.97 Å². The lowest BCUT2D eigenvalue weighted by molar-refractivity contribution is 0.812. The molecule has 0 saturated carbocycles. The molecular formula is C7H9ClN2. The van der Waals surface area contributed by atoms with Crippen LogP contribution in [0, 0.1) is 0 Å². The van der Waals surface area contributed by atoms with Crippen molar-refractivity contribution < 1.29 is 0 Å². The molecule has 1 rings (SSSR count). The topological polar surface area (TPSA) is 25.8 Å². The number of hydrogen-bond acceptors (Lipinski definition) is 2. The van der Waals surface area contributed by atoms with Crippen LogP contribution in [-0.2, 0) is 0 Å². The van der Waals surface area contributed by atoms with Crippen LogP contribution >= 0.6 is 11.6 Å². The molecule has 0 aromatic carbocycles. The van der Waals surface area contributed by atoms with E-state index in [9.17, 15) is 0 Å². The fourth-order valence-corrected chi connectivity index (χ4v) is 0.788. The van der Waals surface area contributed by atoms with Crippen LogP contribution in [0.15, 0.2) is 12.4 Å². The number of rotatable bonds is 1. The molecule has 1 aromatic rings. The van der Waals surface area contributed by atoms with Crippen LogP contribution in [0.25, 0.3) is 0 Å². The third kappa shape index (κ3) is 1.67. The zero-order valence-electron chi connectivity index (χ0n) is 6.00. The van der Waals surface area contributed by atoms with Crippen molar-refractivity contribution in [1.82, 2.24) is 9.97 Å². The van der Waals surface area contributed by atoms with E-state index in [4.69, 9.17) is 11.6 Å². The molecule has 0 fully saturated rings. The molecule has 0 radical (unpaired) electrons. The van der Waals surface area contributed by atoms with E-state index < -0.39 is 0 Å². The Bertz CT molecular complexity index is 223. The lowest BCUT2D eigenvalue weighted by Gasteiger charge is -2.01. The van der Waals surface area contributed by atoms with Gasteiger partial charge in [-0.1, -0.05) is 25.4 Å². The first-order chi connectivity index (χ1) is 4.70. The summed E-state index contributed by atoms with van der Waals surface area (Å²) < 4.78 is 0. The predicted octanol–water partition coefficient (Wildman–Crippen LogP) is 2.25. The Kier molecular flexibility index (Phi) is 2.22. The average Bonchev–Trinajstić information content (AvgIpc) is 1.88. The van der Waals surface area contributed by atoms with E-state index in [0.717, 1.165) is 5.69 Å². The second-order valence-electron chi connectivity index (χ2n) is 2.42. The summed E-state index contributed by atoms with van der Waals surface area (Å²) in [6.07, 6.45) is 3.27. The van der Waals surface area contributed by atoms with Gasteiger partial charge in [0.2, 0.25) is 0 Å². The van der Waals surface area contributed by atoms with E-state index in [1.807, 2.05) is 0 Å². The summed E-state index contributed by atoms with van der Waals surface area (Å²) in [7, 11) is 0. The quantitative estimate of drug-likeness (QED) is 0.624. The normalized spacial score (nSPS) is 10.4. The van der Waals surface area contributed by atoms with E-state index in [2.05, 4.69) is 23.8 Å². The Labute approximate surface area is 65.3 Å². The third-order valence-corrected chi connectivity index (χ3v) is 1.40. The Morgan fingerprint density at radius 1 is 1.40 bits per heavy atom. The SMILES string of the molecule is CC(C)c1cncc(Cl)n1. The van der Waals surface area contributed by atoms with E-state index >= 15 is 0 Å². The second kappa shape index (κ2) is 2.97. The Balaban J connectivity index is 2.96. The molecule has 0 saturated heterocycles. The highest BCUT2D eigenvalue weighted by Crippen LogP contribution is 2.11. The molecule has 0 amide bonds. The van der Waals surface area contributed by atoms with Gasteiger partial charge in [-0.2, -0.15) is 0 Å². The third-order valence-electron chi connectivity index (χ3n) is 1.22. The molecule has 10 heavy (non-hydrogen) atoms. The Morgan fingerprint density at radius 3 is 2.50 bits per heavy atom. The van der Waals surface area contributed by atoms with Crippen LogP contribution in [0.1, 0.15) is 25.5 Å². The van der Waals surface area contributed by atoms with E-state index in [1.54, 1.807) is 6.20 Å². The van der Waals surface area contributed by atoms with Gasteiger partial charge in [0.1, 0.15) is 5.15 Å². The van der Waals surface area contributed by atoms with E-state index in [1.165, 1.54) is 6.20 Å². The molecule has 3 heteroatoms. The summed E-state index contributed by atoms with van der Waals surface area (Å²) in [6.45, 7) is 4.11. The molecule has 1 heterocycles. The average molecular weight is 157 g/mol. The van der Waals surface area contributed by atoms with Crippen molar-refractivity contribution in [3.8, 4) is 0 Å². The number of nitrogens with zero attached hydrogens (tertiary/aromatic N) is 2. The Hall–Kier alpha value is -0.630. The van der Waals surface area contributed by atoms with Gasteiger partial charge in [0.05, 0.1) is 11.9 Å². The minimum atomic E-state index is 0.395. The van der Waals surface area contributed by atoms with Gasteiger partial charge in [0.25, 0.3) is 0 Å². The van der Waals surface area contributed by atoms with Crippen molar-refractivity contribution in [2.24, 2.45) is 0 Å². The number of halogens is 1. The van der Waals surface area contributed by atoms with Crippen molar-refractivity contribution >= 4 is 11.6 Å². The molecule has 54 valence electrons. The van der Waals surface area contributed by atoms with Crippen LogP contribution in [0.2, 0.25) is 5.15 Å². The zero-order valence-corrected chi connectivity index (χ0v) is 6.76. The molecule has 0 aliphatic carbocycles. The summed E-state index contributed by atoms with van der Waals surface area (Å²) in [5.74, 6) is 0.395. The smallest absolute Gasteiger partial charge is 0.147 e. The summed E-state index contributed by atoms with van der Waals surface area (Å²) in [5.41, 5.74) is 0.938. The summed E-state index contributed by atoms with van der Waals surface area (Å²) in [4.78, 5) is 7.99. The first-order valence-corrected chi connectivity index (χ1v) is 3.55. The zero-order chi connectivity index (χ0) is 7.56. The predicted molar refractivity (Wildman–Crippen MR) is 41.1 cm³/mol. The molecular weight excluding hydrogens is 148 g/mol. The van der Waals surface area contributed by atoms with E-state index in [-0.39, 0.29) is 0 Å². The monoisotopic (exact) mass is 156 g/mol. The van der Waals surface area contributed by atoms with Gasteiger partial charge in [-0.3, -0.25) is 4.98 Å². The van der Waals surface area contributed by atoms with Crippen molar-refractivity contribution in [2.45, 2.75) is 19.8 Å². The molecule has 0 aliphatic heterocycles. The Morgan fingerprint density at radius 2 is 2.10 bits per heavy atom. The highest BCUT2D eigenvalue weighted by Gasteiger charge is 2.00. The van der Waals surface area contributed by atoms with Gasteiger partial charge in [-0.15, -0.1) is 0 Å². The standard InChI is InChI=1S/C7H9ClN2/c1-5(2)6-3-9-4-7(8)10-6/h3-5H,1-2H3. The van der Waals surface area contributed by atoms with Gasteiger partial charge >= 0.3 is 0 Å². The van der Waals surface area contributed by atoms with Gasteiger partial charge in [0, 0.05) is 6.20 Å².